The number of imidazole rings is 2. The minimum Gasteiger partial charge on any atom is -0.344 e. The molecule has 0 saturated heterocycles. The summed E-state index contributed by atoms with van der Waals surface area (Å²) in [6.45, 7) is 10.9. The molecule has 3 aliphatic carbocycles. The summed E-state index contributed by atoms with van der Waals surface area (Å²) >= 11 is 0. The summed E-state index contributed by atoms with van der Waals surface area (Å²) in [5, 5.41) is 0. The van der Waals surface area contributed by atoms with Crippen molar-refractivity contribution in [2.24, 2.45) is 11.8 Å². The third kappa shape index (κ3) is 3.74. The van der Waals surface area contributed by atoms with E-state index in [2.05, 4.69) is 156 Å². The Morgan fingerprint density at radius 3 is 1.21 bits per heavy atom. The van der Waals surface area contributed by atoms with Crippen LogP contribution in [-0.2, 0) is 13.1 Å². The van der Waals surface area contributed by atoms with E-state index in [0.29, 0.717) is 35.8 Å². The molecule has 0 saturated carbocycles. The molecule has 0 unspecified atom stereocenters. The highest BCUT2D eigenvalue weighted by molar-refractivity contribution is 5.72. The fraction of sp³-hybridized carbons (Fsp3) is 0.316. The van der Waals surface area contributed by atoms with Crippen molar-refractivity contribution < 1.29 is 9.13 Å². The minimum atomic E-state index is 0.341. The van der Waals surface area contributed by atoms with E-state index in [1.807, 2.05) is 0 Å². The molecular formula is C38H38N4. The van der Waals surface area contributed by atoms with Crippen molar-refractivity contribution in [3.8, 4) is 0 Å². The predicted molar refractivity (Wildman–Crippen MR) is 166 cm³/mol. The number of para-hydroxylation sites is 4. The van der Waals surface area contributed by atoms with Crippen molar-refractivity contribution in [1.82, 2.24) is 9.13 Å². The van der Waals surface area contributed by atoms with Crippen molar-refractivity contribution >= 4 is 22.1 Å². The molecule has 2 bridgehead atoms. The van der Waals surface area contributed by atoms with Crippen LogP contribution in [0.25, 0.3) is 22.1 Å². The number of aromatic nitrogens is 4. The number of nitrogens with zero attached hydrogens (tertiary/aromatic N) is 4. The van der Waals surface area contributed by atoms with Gasteiger partial charge in [-0.25, -0.2) is 0 Å². The smallest absolute Gasteiger partial charge is 0.205 e. The second-order valence-electron chi connectivity index (χ2n) is 12.9. The molecule has 210 valence electrons. The van der Waals surface area contributed by atoms with Gasteiger partial charge in [-0.05, 0) is 49.9 Å². The van der Waals surface area contributed by atoms with Crippen LogP contribution < -0.4 is 9.13 Å². The van der Waals surface area contributed by atoms with Gasteiger partial charge in [0.1, 0.15) is 0 Å². The SMILES string of the molecule is CC(C)n1[c-][n+](C[C@@H]2C3c4ccccc4C(c4ccccc43)[C@H]2C[n+]2[c-]n(C(C)C)c3ccccc32)c2ccccc21. The fourth-order valence-electron chi connectivity index (χ4n) is 8.14. The minimum absolute atomic E-state index is 0.341. The monoisotopic (exact) mass is 550 g/mol. The summed E-state index contributed by atoms with van der Waals surface area (Å²) in [6, 6.07) is 36.8. The molecule has 0 radical (unpaired) electrons. The van der Waals surface area contributed by atoms with Crippen molar-refractivity contribution in [1.29, 1.82) is 0 Å². The van der Waals surface area contributed by atoms with Gasteiger partial charge in [0, 0.05) is 45.7 Å². The highest BCUT2D eigenvalue weighted by atomic mass is 15.2. The third-order valence-electron chi connectivity index (χ3n) is 9.88. The first kappa shape index (κ1) is 25.5. The van der Waals surface area contributed by atoms with Crippen LogP contribution in [0.1, 0.15) is 73.9 Å². The lowest BCUT2D eigenvalue weighted by molar-refractivity contribution is -0.700. The fourth-order valence-corrected chi connectivity index (χ4v) is 8.14. The standard InChI is InChI=1S/C38H38N4/c1-25(2)41-23-39(33-17-9-11-19-35(33)41)21-31-32(22-40-24-42(26(3)4)36-20-12-10-18-34(36)40)38-29-15-7-5-13-27(29)37(31)28-14-6-8-16-30(28)38/h5-20,25-26,31-32,37-38H,21-22H2,1-4H3/t31-,32-,37?,38?/m0/s1. The predicted octanol–water partition coefficient (Wildman–Crippen LogP) is 7.16. The Morgan fingerprint density at radius 1 is 0.524 bits per heavy atom. The summed E-state index contributed by atoms with van der Waals surface area (Å²) in [6.07, 6.45) is 7.58. The lowest BCUT2D eigenvalue weighted by Gasteiger charge is -2.50. The molecule has 4 aromatic carbocycles. The van der Waals surface area contributed by atoms with Gasteiger partial charge in [-0.3, -0.25) is 0 Å². The van der Waals surface area contributed by atoms with E-state index in [4.69, 9.17) is 0 Å². The molecule has 0 N–H and O–H groups in total. The summed E-state index contributed by atoms with van der Waals surface area (Å²) < 4.78 is 9.47. The van der Waals surface area contributed by atoms with Crippen molar-refractivity contribution in [2.45, 2.75) is 64.7 Å². The number of hydrogen-bond acceptors (Lipinski definition) is 0. The molecule has 0 aliphatic heterocycles. The van der Waals surface area contributed by atoms with E-state index >= 15 is 0 Å². The zero-order chi connectivity index (χ0) is 28.5. The lowest BCUT2D eigenvalue weighted by Crippen LogP contribution is -2.52. The Balaban J connectivity index is 1.32. The van der Waals surface area contributed by atoms with Crippen LogP contribution in [0.4, 0.5) is 0 Å². The number of fused-ring (bicyclic) bond motifs is 3. The lowest BCUT2D eigenvalue weighted by atomic mass is 9.54. The van der Waals surface area contributed by atoms with Gasteiger partial charge >= 0.3 is 0 Å². The Kier molecular flexibility index (Phi) is 5.89. The van der Waals surface area contributed by atoms with Gasteiger partial charge in [0.15, 0.2) is 0 Å². The van der Waals surface area contributed by atoms with Crippen molar-refractivity contribution in [2.75, 3.05) is 0 Å². The molecule has 42 heavy (non-hydrogen) atoms. The molecule has 0 fully saturated rings. The first-order valence-corrected chi connectivity index (χ1v) is 15.5. The van der Waals surface area contributed by atoms with E-state index < -0.39 is 0 Å². The molecule has 2 heterocycles. The molecule has 2 aromatic heterocycles. The van der Waals surface area contributed by atoms with E-state index in [9.17, 15) is 0 Å². The van der Waals surface area contributed by atoms with Gasteiger partial charge < -0.3 is 18.3 Å². The Hall–Kier alpha value is -4.18. The highest BCUT2D eigenvalue weighted by Crippen LogP contribution is 2.58. The summed E-state index contributed by atoms with van der Waals surface area (Å²) in [4.78, 5) is 0. The van der Waals surface area contributed by atoms with Crippen LogP contribution >= 0.6 is 0 Å². The van der Waals surface area contributed by atoms with E-state index in [1.165, 1.54) is 44.3 Å². The summed E-state index contributed by atoms with van der Waals surface area (Å²) in [7, 11) is 0. The van der Waals surface area contributed by atoms with Crippen LogP contribution in [0.3, 0.4) is 0 Å². The second kappa shape index (κ2) is 9.69. The van der Waals surface area contributed by atoms with Crippen LogP contribution in [-0.4, -0.2) is 9.13 Å². The van der Waals surface area contributed by atoms with Crippen LogP contribution in [0.5, 0.6) is 0 Å². The maximum absolute atomic E-state index is 3.79. The van der Waals surface area contributed by atoms with Gasteiger partial charge in [-0.2, -0.15) is 0 Å². The second-order valence-corrected chi connectivity index (χ2v) is 12.9. The van der Waals surface area contributed by atoms with Crippen molar-refractivity contribution in [3.63, 3.8) is 0 Å². The maximum Gasteiger partial charge on any atom is 0.205 e. The molecule has 4 heteroatoms. The molecule has 6 aromatic rings. The third-order valence-corrected chi connectivity index (χ3v) is 9.88. The molecule has 0 amide bonds. The van der Waals surface area contributed by atoms with E-state index in [1.54, 1.807) is 0 Å². The maximum atomic E-state index is 3.79. The first-order valence-electron chi connectivity index (χ1n) is 15.5. The average molecular weight is 551 g/mol. The zero-order valence-electron chi connectivity index (χ0n) is 24.9. The van der Waals surface area contributed by atoms with Gasteiger partial charge in [-0.1, -0.05) is 97.1 Å². The normalized spacial score (nSPS) is 21.0. The molecular weight excluding hydrogens is 512 g/mol. The number of hydrogen-bond donors (Lipinski definition) is 0. The molecule has 2 atom stereocenters. The van der Waals surface area contributed by atoms with Crippen LogP contribution in [0, 0.1) is 24.5 Å². The van der Waals surface area contributed by atoms with Crippen LogP contribution in [0.2, 0.25) is 0 Å². The van der Waals surface area contributed by atoms with E-state index in [-0.39, 0.29) is 0 Å². The van der Waals surface area contributed by atoms with E-state index in [0.717, 1.165) is 13.1 Å². The van der Waals surface area contributed by atoms with Crippen LogP contribution in [0.15, 0.2) is 97.1 Å². The quantitative estimate of drug-likeness (QED) is 0.155. The molecule has 9 rings (SSSR count). The molecule has 0 spiro atoms. The largest absolute Gasteiger partial charge is 0.344 e. The Morgan fingerprint density at radius 2 is 0.857 bits per heavy atom. The first-order chi connectivity index (χ1) is 20.5. The average Bonchev–Trinajstić information content (AvgIpc) is 3.57. The number of benzene rings is 4. The zero-order valence-corrected chi connectivity index (χ0v) is 24.9. The summed E-state index contributed by atoms with van der Waals surface area (Å²) in [5.74, 6) is 1.51. The van der Waals surface area contributed by atoms with Gasteiger partial charge in [-0.15, -0.1) is 0 Å². The van der Waals surface area contributed by atoms with Gasteiger partial charge in [0.05, 0.1) is 25.2 Å². The molecule has 3 aliphatic rings. The summed E-state index contributed by atoms with van der Waals surface area (Å²) in [5.41, 5.74) is 11.1. The van der Waals surface area contributed by atoms with Crippen molar-refractivity contribution in [3.05, 3.63) is 132 Å². The number of rotatable bonds is 6. The van der Waals surface area contributed by atoms with Gasteiger partial charge in [0.2, 0.25) is 12.7 Å². The highest BCUT2D eigenvalue weighted by Gasteiger charge is 2.50. The Bertz CT molecular complexity index is 1750. The Labute approximate surface area is 248 Å². The molecule has 4 nitrogen and oxygen atoms in total. The topological polar surface area (TPSA) is 17.6 Å². The van der Waals surface area contributed by atoms with Gasteiger partial charge in [0.25, 0.3) is 0 Å².